The lowest BCUT2D eigenvalue weighted by molar-refractivity contribution is -0.126. The Balaban J connectivity index is 1.40. The van der Waals surface area contributed by atoms with Gasteiger partial charge in [0.25, 0.3) is 0 Å². The SMILES string of the molecule is Cc1nc(-c2cc(S(=O)(=O)N3CCCC(C(=O)NCCC4=CCCCC4)C3)c(C)s2)no1. The highest BCUT2D eigenvalue weighted by Crippen LogP contribution is 2.35. The molecule has 1 aliphatic heterocycles. The number of carbonyl (C=O) groups is 1. The number of piperidine rings is 1. The van der Waals surface area contributed by atoms with Crippen molar-refractivity contribution in [1.82, 2.24) is 19.8 Å². The Morgan fingerprint density at radius 1 is 1.31 bits per heavy atom. The van der Waals surface area contributed by atoms with E-state index in [-0.39, 0.29) is 23.3 Å². The number of allylic oxidation sites excluding steroid dienone is 1. The molecule has 3 heterocycles. The third-order valence-electron chi connectivity index (χ3n) is 6.12. The van der Waals surface area contributed by atoms with E-state index in [0.717, 1.165) is 19.3 Å². The number of aromatic nitrogens is 2. The van der Waals surface area contributed by atoms with E-state index < -0.39 is 10.0 Å². The molecule has 0 aromatic carbocycles. The summed E-state index contributed by atoms with van der Waals surface area (Å²) in [6, 6.07) is 1.61. The maximum Gasteiger partial charge on any atom is 0.244 e. The number of thiophene rings is 1. The topological polar surface area (TPSA) is 105 Å². The van der Waals surface area contributed by atoms with Gasteiger partial charge in [-0.3, -0.25) is 4.79 Å². The molecule has 1 saturated heterocycles. The Morgan fingerprint density at radius 3 is 2.88 bits per heavy atom. The van der Waals surface area contributed by atoms with Crippen LogP contribution in [0, 0.1) is 19.8 Å². The van der Waals surface area contributed by atoms with Gasteiger partial charge in [-0.05, 0) is 57.9 Å². The van der Waals surface area contributed by atoms with Crippen molar-refractivity contribution in [2.75, 3.05) is 19.6 Å². The van der Waals surface area contributed by atoms with Gasteiger partial charge in [0, 0.05) is 31.4 Å². The third kappa shape index (κ3) is 5.13. The quantitative estimate of drug-likeness (QED) is 0.607. The maximum atomic E-state index is 13.4. The van der Waals surface area contributed by atoms with E-state index in [1.807, 2.05) is 0 Å². The van der Waals surface area contributed by atoms with E-state index in [1.54, 1.807) is 19.9 Å². The number of amides is 1. The maximum absolute atomic E-state index is 13.4. The van der Waals surface area contributed by atoms with Crippen molar-refractivity contribution in [3.05, 3.63) is 28.5 Å². The summed E-state index contributed by atoms with van der Waals surface area (Å²) in [7, 11) is -3.71. The zero-order valence-electron chi connectivity index (χ0n) is 18.6. The molecular weight excluding hydrogens is 448 g/mol. The molecule has 32 heavy (non-hydrogen) atoms. The molecule has 1 unspecified atom stereocenters. The van der Waals surface area contributed by atoms with Crippen LogP contribution in [0.3, 0.4) is 0 Å². The predicted molar refractivity (Wildman–Crippen MR) is 123 cm³/mol. The molecule has 2 aromatic heterocycles. The monoisotopic (exact) mass is 478 g/mol. The van der Waals surface area contributed by atoms with Crippen LogP contribution >= 0.6 is 11.3 Å². The predicted octanol–water partition coefficient (Wildman–Crippen LogP) is 3.82. The highest BCUT2D eigenvalue weighted by Gasteiger charge is 2.35. The summed E-state index contributed by atoms with van der Waals surface area (Å²) in [6.45, 7) is 4.72. The highest BCUT2D eigenvalue weighted by atomic mass is 32.2. The van der Waals surface area contributed by atoms with Crippen LogP contribution in [0.4, 0.5) is 0 Å². The fourth-order valence-electron chi connectivity index (χ4n) is 4.37. The lowest BCUT2D eigenvalue weighted by Crippen LogP contribution is -2.45. The summed E-state index contributed by atoms with van der Waals surface area (Å²) in [5.41, 5.74) is 1.42. The molecule has 1 atom stereocenters. The summed E-state index contributed by atoms with van der Waals surface area (Å²) in [6.07, 6.45) is 9.28. The lowest BCUT2D eigenvalue weighted by atomic mass is 9.96. The second kappa shape index (κ2) is 9.84. The largest absolute Gasteiger partial charge is 0.356 e. The molecular formula is C22H30N4O4S2. The number of aryl methyl sites for hydroxylation is 2. The number of nitrogens with one attached hydrogen (secondary N) is 1. The highest BCUT2D eigenvalue weighted by molar-refractivity contribution is 7.89. The Labute approximate surface area is 193 Å². The van der Waals surface area contributed by atoms with Crippen molar-refractivity contribution < 1.29 is 17.7 Å². The summed E-state index contributed by atoms with van der Waals surface area (Å²) in [4.78, 5) is 18.5. The summed E-state index contributed by atoms with van der Waals surface area (Å²) >= 11 is 1.33. The fourth-order valence-corrected chi connectivity index (χ4v) is 7.38. The standard InChI is InChI=1S/C22H30N4O4S2/c1-15-20(13-19(31-15)21-24-16(2)30-25-21)32(28,29)26-12-6-9-18(14-26)22(27)23-11-10-17-7-4-3-5-8-17/h7,13,18H,3-6,8-12,14H2,1-2H3,(H,23,27). The van der Waals surface area contributed by atoms with Crippen LogP contribution in [-0.4, -0.2) is 48.4 Å². The van der Waals surface area contributed by atoms with Crippen LogP contribution in [0.25, 0.3) is 10.7 Å². The molecule has 0 spiro atoms. The third-order valence-corrected chi connectivity index (χ3v) is 9.29. The van der Waals surface area contributed by atoms with Crippen LogP contribution < -0.4 is 5.32 Å². The van der Waals surface area contributed by atoms with E-state index >= 15 is 0 Å². The number of sulfonamides is 1. The van der Waals surface area contributed by atoms with E-state index in [0.29, 0.717) is 47.4 Å². The minimum absolute atomic E-state index is 0.0497. The van der Waals surface area contributed by atoms with E-state index in [2.05, 4.69) is 21.5 Å². The van der Waals surface area contributed by atoms with Crippen molar-refractivity contribution in [1.29, 1.82) is 0 Å². The first-order valence-corrected chi connectivity index (χ1v) is 13.5. The molecule has 0 radical (unpaired) electrons. The average molecular weight is 479 g/mol. The first-order valence-electron chi connectivity index (χ1n) is 11.2. The normalized spacial score (nSPS) is 20.2. The second-order valence-corrected chi connectivity index (χ2v) is 11.7. The van der Waals surface area contributed by atoms with Crippen LogP contribution in [0.1, 0.15) is 55.7 Å². The average Bonchev–Trinajstić information content (AvgIpc) is 3.40. The van der Waals surface area contributed by atoms with Crippen LogP contribution in [-0.2, 0) is 14.8 Å². The number of hydrogen-bond donors (Lipinski definition) is 1. The summed E-state index contributed by atoms with van der Waals surface area (Å²) in [5.74, 6) is 0.449. The van der Waals surface area contributed by atoms with Crippen molar-refractivity contribution in [3.8, 4) is 10.7 Å². The zero-order valence-corrected chi connectivity index (χ0v) is 20.2. The van der Waals surface area contributed by atoms with Crippen LogP contribution in [0.15, 0.2) is 27.1 Å². The van der Waals surface area contributed by atoms with Crippen molar-refractivity contribution >= 4 is 27.3 Å². The molecule has 4 rings (SSSR count). The van der Waals surface area contributed by atoms with Crippen molar-refractivity contribution in [2.24, 2.45) is 5.92 Å². The summed E-state index contributed by atoms with van der Waals surface area (Å²) in [5, 5.41) is 6.92. The van der Waals surface area contributed by atoms with Gasteiger partial charge in [-0.25, -0.2) is 8.42 Å². The van der Waals surface area contributed by atoms with E-state index in [9.17, 15) is 13.2 Å². The smallest absolute Gasteiger partial charge is 0.244 e. The fraction of sp³-hybridized carbons (Fsp3) is 0.591. The van der Waals surface area contributed by atoms with Gasteiger partial charge in [0.2, 0.25) is 27.6 Å². The van der Waals surface area contributed by atoms with Crippen LogP contribution in [0.2, 0.25) is 0 Å². The molecule has 2 aromatic rings. The second-order valence-electron chi connectivity index (χ2n) is 8.52. The van der Waals surface area contributed by atoms with Crippen LogP contribution in [0.5, 0.6) is 0 Å². The molecule has 174 valence electrons. The number of nitrogens with zero attached hydrogens (tertiary/aromatic N) is 3. The summed E-state index contributed by atoms with van der Waals surface area (Å²) < 4.78 is 33.2. The van der Waals surface area contributed by atoms with E-state index in [1.165, 1.54) is 34.1 Å². The molecule has 1 aliphatic carbocycles. The Bertz CT molecular complexity index is 1100. The first kappa shape index (κ1) is 23.1. The van der Waals surface area contributed by atoms with Gasteiger partial charge < -0.3 is 9.84 Å². The lowest BCUT2D eigenvalue weighted by Gasteiger charge is -2.31. The Hall–Kier alpha value is -2.04. The Kier molecular flexibility index (Phi) is 7.11. The first-order chi connectivity index (χ1) is 15.3. The molecule has 2 aliphatic rings. The number of carbonyl (C=O) groups excluding carboxylic acids is 1. The molecule has 0 bridgehead atoms. The van der Waals surface area contributed by atoms with Gasteiger partial charge in [0.15, 0.2) is 0 Å². The van der Waals surface area contributed by atoms with Gasteiger partial charge in [0.1, 0.15) is 0 Å². The minimum Gasteiger partial charge on any atom is -0.356 e. The molecule has 1 amide bonds. The van der Waals surface area contributed by atoms with Gasteiger partial charge in [-0.2, -0.15) is 9.29 Å². The van der Waals surface area contributed by atoms with Crippen molar-refractivity contribution in [2.45, 2.75) is 63.7 Å². The van der Waals surface area contributed by atoms with Gasteiger partial charge >= 0.3 is 0 Å². The number of hydrogen-bond acceptors (Lipinski definition) is 7. The van der Waals surface area contributed by atoms with Gasteiger partial charge in [-0.1, -0.05) is 16.8 Å². The van der Waals surface area contributed by atoms with Crippen molar-refractivity contribution in [3.63, 3.8) is 0 Å². The molecule has 1 fully saturated rings. The van der Waals surface area contributed by atoms with Gasteiger partial charge in [0.05, 0.1) is 15.7 Å². The molecule has 0 saturated carbocycles. The van der Waals surface area contributed by atoms with Gasteiger partial charge in [-0.15, -0.1) is 11.3 Å². The molecule has 10 heteroatoms. The molecule has 8 nitrogen and oxygen atoms in total. The Morgan fingerprint density at radius 2 is 2.16 bits per heavy atom. The molecule has 1 N–H and O–H groups in total. The number of rotatable bonds is 7. The minimum atomic E-state index is -3.71. The zero-order chi connectivity index (χ0) is 22.7. The van der Waals surface area contributed by atoms with E-state index in [4.69, 9.17) is 4.52 Å².